The van der Waals surface area contributed by atoms with Gasteiger partial charge in [0.05, 0.1) is 0 Å². The first-order valence-corrected chi connectivity index (χ1v) is 5.17. The van der Waals surface area contributed by atoms with E-state index in [9.17, 15) is 9.59 Å². The Morgan fingerprint density at radius 1 is 1.27 bits per heavy atom. The maximum absolute atomic E-state index is 11.1. The number of carbonyl (C=O) groups is 2. The van der Waals surface area contributed by atoms with Crippen LogP contribution in [0.25, 0.3) is 0 Å². The van der Waals surface area contributed by atoms with Gasteiger partial charge in [0.15, 0.2) is 0 Å². The minimum Gasteiger partial charge on any atom is -0.351 e. The molecule has 0 atom stereocenters. The molecule has 0 saturated carbocycles. The van der Waals surface area contributed by atoms with Gasteiger partial charge in [-0.2, -0.15) is 0 Å². The fourth-order valence-electron chi connectivity index (χ4n) is 1.46. The topological polar surface area (TPSA) is 73.5 Å². The van der Waals surface area contributed by atoms with Gasteiger partial charge in [0.1, 0.15) is 0 Å². The number of piperazine rings is 1. The number of nitrogens with zero attached hydrogens (tertiary/aromatic N) is 1. The van der Waals surface area contributed by atoms with Crippen LogP contribution in [0.3, 0.4) is 0 Å². The summed E-state index contributed by atoms with van der Waals surface area (Å²) in [7, 11) is 1.44. The van der Waals surface area contributed by atoms with E-state index in [1.54, 1.807) is 0 Å². The summed E-state index contributed by atoms with van der Waals surface area (Å²) in [5.74, 6) is -1.15. The average molecular weight is 214 g/mol. The van der Waals surface area contributed by atoms with Gasteiger partial charge in [-0.1, -0.05) is 0 Å². The fourth-order valence-corrected chi connectivity index (χ4v) is 1.46. The Kier molecular flexibility index (Phi) is 5.06. The molecule has 0 aliphatic carbocycles. The molecule has 0 unspecified atom stereocenters. The van der Waals surface area contributed by atoms with Crippen molar-refractivity contribution in [1.82, 2.24) is 20.9 Å². The van der Waals surface area contributed by atoms with Gasteiger partial charge in [0.25, 0.3) is 0 Å². The molecule has 0 aromatic heterocycles. The van der Waals surface area contributed by atoms with Crippen LogP contribution in [0.5, 0.6) is 0 Å². The number of hydrogen-bond acceptors (Lipinski definition) is 4. The quantitative estimate of drug-likeness (QED) is 0.464. The first kappa shape index (κ1) is 11.9. The second-order valence-corrected chi connectivity index (χ2v) is 3.43. The van der Waals surface area contributed by atoms with Gasteiger partial charge >= 0.3 is 11.8 Å². The molecule has 0 aromatic rings. The van der Waals surface area contributed by atoms with E-state index in [2.05, 4.69) is 20.9 Å². The van der Waals surface area contributed by atoms with Crippen molar-refractivity contribution < 1.29 is 9.59 Å². The highest BCUT2D eigenvalue weighted by Gasteiger charge is 2.12. The molecule has 1 aliphatic heterocycles. The molecule has 1 heterocycles. The molecule has 86 valence electrons. The van der Waals surface area contributed by atoms with E-state index in [1.807, 2.05) is 0 Å². The molecule has 3 N–H and O–H groups in total. The van der Waals surface area contributed by atoms with E-state index in [-0.39, 0.29) is 0 Å². The third-order valence-corrected chi connectivity index (χ3v) is 2.36. The van der Waals surface area contributed by atoms with Gasteiger partial charge in [-0.25, -0.2) is 0 Å². The molecule has 0 bridgehead atoms. The predicted molar refractivity (Wildman–Crippen MR) is 56.4 cm³/mol. The zero-order chi connectivity index (χ0) is 11.1. The minimum absolute atomic E-state index is 0.520. The van der Waals surface area contributed by atoms with E-state index in [1.165, 1.54) is 7.05 Å². The summed E-state index contributed by atoms with van der Waals surface area (Å²) in [5, 5.41) is 8.09. The lowest BCUT2D eigenvalue weighted by molar-refractivity contribution is -0.138. The highest BCUT2D eigenvalue weighted by atomic mass is 16.2. The number of carbonyl (C=O) groups excluding carboxylic acids is 2. The lowest BCUT2D eigenvalue weighted by atomic mass is 10.3. The molecule has 1 aliphatic rings. The van der Waals surface area contributed by atoms with Crippen LogP contribution >= 0.6 is 0 Å². The van der Waals surface area contributed by atoms with Crippen molar-refractivity contribution in [3.63, 3.8) is 0 Å². The number of nitrogens with one attached hydrogen (secondary N) is 3. The first-order chi connectivity index (χ1) is 7.24. The van der Waals surface area contributed by atoms with Crippen molar-refractivity contribution in [3.05, 3.63) is 0 Å². The second kappa shape index (κ2) is 6.36. The van der Waals surface area contributed by atoms with E-state index in [4.69, 9.17) is 0 Å². The Morgan fingerprint density at radius 3 is 2.53 bits per heavy atom. The van der Waals surface area contributed by atoms with E-state index < -0.39 is 11.8 Å². The highest BCUT2D eigenvalue weighted by molar-refractivity contribution is 6.34. The van der Waals surface area contributed by atoms with Crippen LogP contribution in [0.1, 0.15) is 0 Å². The van der Waals surface area contributed by atoms with Crippen molar-refractivity contribution in [2.75, 3.05) is 46.3 Å². The van der Waals surface area contributed by atoms with Crippen LogP contribution in [-0.4, -0.2) is 63.0 Å². The van der Waals surface area contributed by atoms with Crippen LogP contribution in [0.15, 0.2) is 0 Å². The summed E-state index contributed by atoms with van der Waals surface area (Å²) in [6.45, 7) is 5.29. The van der Waals surface area contributed by atoms with Crippen molar-refractivity contribution in [2.45, 2.75) is 0 Å². The molecule has 6 heteroatoms. The Labute approximate surface area is 89.4 Å². The number of likely N-dealkylation sites (N-methyl/N-ethyl adjacent to an activating group) is 1. The molecule has 15 heavy (non-hydrogen) atoms. The maximum Gasteiger partial charge on any atom is 0.309 e. The smallest absolute Gasteiger partial charge is 0.309 e. The van der Waals surface area contributed by atoms with Gasteiger partial charge in [0, 0.05) is 46.3 Å². The van der Waals surface area contributed by atoms with Crippen molar-refractivity contribution in [1.29, 1.82) is 0 Å². The summed E-state index contributed by atoms with van der Waals surface area (Å²) in [4.78, 5) is 24.2. The molecule has 0 aromatic carbocycles. The van der Waals surface area contributed by atoms with E-state index >= 15 is 0 Å². The molecule has 0 radical (unpaired) electrons. The van der Waals surface area contributed by atoms with Gasteiger partial charge in [-0.3, -0.25) is 14.5 Å². The summed E-state index contributed by atoms with van der Waals surface area (Å²) >= 11 is 0. The normalized spacial score (nSPS) is 17.1. The summed E-state index contributed by atoms with van der Waals surface area (Å²) < 4.78 is 0. The molecule has 0 spiro atoms. The first-order valence-electron chi connectivity index (χ1n) is 5.17. The number of amides is 2. The Balaban J connectivity index is 2.09. The van der Waals surface area contributed by atoms with Gasteiger partial charge in [-0.15, -0.1) is 0 Å². The highest BCUT2D eigenvalue weighted by Crippen LogP contribution is 1.89. The van der Waals surface area contributed by atoms with Gasteiger partial charge in [-0.05, 0) is 0 Å². The standard InChI is InChI=1S/C9H18N4O2/c1-10-8(14)9(15)12-4-7-13-5-2-11-3-6-13/h11H,2-7H2,1H3,(H,10,14)(H,12,15). The lowest BCUT2D eigenvalue weighted by Crippen LogP contribution is -2.47. The predicted octanol–water partition coefficient (Wildman–Crippen LogP) is -2.25. The molecule has 1 fully saturated rings. The molecular weight excluding hydrogens is 196 g/mol. The Morgan fingerprint density at radius 2 is 1.93 bits per heavy atom. The molecule has 6 nitrogen and oxygen atoms in total. The third kappa shape index (κ3) is 4.26. The summed E-state index contributed by atoms with van der Waals surface area (Å²) in [5.41, 5.74) is 0. The van der Waals surface area contributed by atoms with Crippen LogP contribution in [0.4, 0.5) is 0 Å². The van der Waals surface area contributed by atoms with E-state index in [0.717, 1.165) is 32.7 Å². The maximum atomic E-state index is 11.1. The minimum atomic E-state index is -0.588. The van der Waals surface area contributed by atoms with E-state index in [0.29, 0.717) is 6.54 Å². The zero-order valence-corrected chi connectivity index (χ0v) is 9.01. The van der Waals surface area contributed by atoms with Crippen molar-refractivity contribution in [3.8, 4) is 0 Å². The van der Waals surface area contributed by atoms with Crippen molar-refractivity contribution >= 4 is 11.8 Å². The van der Waals surface area contributed by atoms with Crippen LogP contribution < -0.4 is 16.0 Å². The Bertz CT molecular complexity index is 226. The third-order valence-electron chi connectivity index (χ3n) is 2.36. The molecule has 2 amide bonds. The van der Waals surface area contributed by atoms with Crippen LogP contribution in [0, 0.1) is 0 Å². The summed E-state index contributed by atoms with van der Waals surface area (Å²) in [6.07, 6.45) is 0. The monoisotopic (exact) mass is 214 g/mol. The summed E-state index contributed by atoms with van der Waals surface area (Å²) in [6, 6.07) is 0. The van der Waals surface area contributed by atoms with Crippen LogP contribution in [0.2, 0.25) is 0 Å². The molecule has 1 saturated heterocycles. The van der Waals surface area contributed by atoms with Crippen LogP contribution in [-0.2, 0) is 9.59 Å². The average Bonchev–Trinajstić information content (AvgIpc) is 2.29. The molecular formula is C9H18N4O2. The Hall–Kier alpha value is -1.14. The van der Waals surface area contributed by atoms with Crippen molar-refractivity contribution in [2.24, 2.45) is 0 Å². The molecule has 1 rings (SSSR count). The SMILES string of the molecule is CNC(=O)C(=O)NCCN1CCNCC1. The number of rotatable bonds is 3. The van der Waals surface area contributed by atoms with Gasteiger partial charge < -0.3 is 16.0 Å². The lowest BCUT2D eigenvalue weighted by Gasteiger charge is -2.26. The zero-order valence-electron chi connectivity index (χ0n) is 9.01. The fraction of sp³-hybridized carbons (Fsp3) is 0.778. The number of hydrogen-bond donors (Lipinski definition) is 3. The van der Waals surface area contributed by atoms with Gasteiger partial charge in [0.2, 0.25) is 0 Å². The second-order valence-electron chi connectivity index (χ2n) is 3.43. The largest absolute Gasteiger partial charge is 0.351 e.